The van der Waals surface area contributed by atoms with Gasteiger partial charge in [-0.15, -0.1) is 11.3 Å². The summed E-state index contributed by atoms with van der Waals surface area (Å²) in [4.78, 5) is 30.6. The molecule has 34 heavy (non-hydrogen) atoms. The third-order valence-corrected chi connectivity index (χ3v) is 8.35. The maximum absolute atomic E-state index is 13.2. The molecule has 190 valence electrons. The molecule has 0 aliphatic carbocycles. The lowest BCUT2D eigenvalue weighted by molar-refractivity contribution is -0.143. The number of Topliss-reactive ketones (excluding diaryl/α,β-unsaturated/α-hetero) is 1. The number of carbonyl (C=O) groups is 2. The fourth-order valence-corrected chi connectivity index (χ4v) is 5.48. The summed E-state index contributed by atoms with van der Waals surface area (Å²) in [5.74, 6) is -1.21. The van der Waals surface area contributed by atoms with Crippen molar-refractivity contribution in [2.75, 3.05) is 0 Å². The number of epoxide rings is 1. The third-order valence-electron chi connectivity index (χ3n) is 7.56. The van der Waals surface area contributed by atoms with Gasteiger partial charge in [0.05, 0.1) is 53.0 Å². The van der Waals surface area contributed by atoms with Crippen molar-refractivity contribution in [3.05, 3.63) is 21.7 Å². The summed E-state index contributed by atoms with van der Waals surface area (Å²) in [6.07, 6.45) is 3.31. The van der Waals surface area contributed by atoms with Crippen LogP contribution in [-0.4, -0.2) is 57.3 Å². The highest BCUT2D eigenvalue weighted by molar-refractivity contribution is 7.09. The van der Waals surface area contributed by atoms with Crippen molar-refractivity contribution in [1.29, 1.82) is 0 Å². The molecule has 3 unspecified atom stereocenters. The van der Waals surface area contributed by atoms with E-state index in [0.717, 1.165) is 35.5 Å². The molecule has 1 aromatic rings. The number of aryl methyl sites for hydroxylation is 1. The summed E-state index contributed by atoms with van der Waals surface area (Å²) in [7, 11) is 0. The monoisotopic (exact) mass is 492 g/mol. The van der Waals surface area contributed by atoms with Crippen LogP contribution in [0.3, 0.4) is 0 Å². The molecule has 7 nitrogen and oxygen atoms in total. The van der Waals surface area contributed by atoms with Crippen LogP contribution < -0.4 is 5.32 Å². The molecule has 3 heterocycles. The summed E-state index contributed by atoms with van der Waals surface area (Å²) in [6.45, 7) is 10.9. The van der Waals surface area contributed by atoms with Crippen LogP contribution in [0.4, 0.5) is 0 Å². The van der Waals surface area contributed by atoms with Crippen molar-refractivity contribution in [2.24, 2.45) is 17.3 Å². The number of amides is 1. The van der Waals surface area contributed by atoms with E-state index in [1.54, 1.807) is 32.1 Å². The Morgan fingerprint density at radius 1 is 1.24 bits per heavy atom. The molecule has 7 atom stereocenters. The van der Waals surface area contributed by atoms with Gasteiger partial charge in [0.25, 0.3) is 0 Å². The smallest absolute Gasteiger partial charge is 0.223 e. The summed E-state index contributed by atoms with van der Waals surface area (Å²) >= 11 is 1.58. The Hall–Kier alpha value is -1.61. The predicted molar refractivity (Wildman–Crippen MR) is 133 cm³/mol. The lowest BCUT2D eigenvalue weighted by Crippen LogP contribution is -2.47. The van der Waals surface area contributed by atoms with Crippen LogP contribution in [0.5, 0.6) is 0 Å². The Kier molecular flexibility index (Phi) is 8.71. The van der Waals surface area contributed by atoms with Crippen molar-refractivity contribution in [3.8, 4) is 0 Å². The molecule has 2 saturated heterocycles. The van der Waals surface area contributed by atoms with Gasteiger partial charge in [-0.25, -0.2) is 4.98 Å². The van der Waals surface area contributed by atoms with Gasteiger partial charge >= 0.3 is 0 Å². The molecule has 8 heteroatoms. The minimum absolute atomic E-state index is 0.0419. The molecule has 3 rings (SSSR count). The number of carbonyl (C=O) groups excluding carboxylic acids is 2. The first-order valence-corrected chi connectivity index (χ1v) is 13.2. The van der Waals surface area contributed by atoms with Crippen LogP contribution in [0.2, 0.25) is 0 Å². The molecule has 1 amide bonds. The van der Waals surface area contributed by atoms with Crippen molar-refractivity contribution >= 4 is 29.1 Å². The highest BCUT2D eigenvalue weighted by Gasteiger charge is 2.44. The third kappa shape index (κ3) is 6.53. The van der Waals surface area contributed by atoms with E-state index in [1.165, 1.54) is 0 Å². The van der Waals surface area contributed by atoms with Gasteiger partial charge in [-0.1, -0.05) is 34.1 Å². The highest BCUT2D eigenvalue weighted by atomic mass is 32.1. The molecule has 1 aromatic heterocycles. The summed E-state index contributed by atoms with van der Waals surface area (Å²) in [5.41, 5.74) is 0.685. The van der Waals surface area contributed by atoms with E-state index < -0.39 is 23.5 Å². The van der Waals surface area contributed by atoms with Crippen LogP contribution in [-0.2, 0) is 14.3 Å². The van der Waals surface area contributed by atoms with Crippen molar-refractivity contribution in [1.82, 2.24) is 10.3 Å². The zero-order chi connectivity index (χ0) is 25.2. The highest BCUT2D eigenvalue weighted by Crippen LogP contribution is 2.35. The van der Waals surface area contributed by atoms with Gasteiger partial charge in [0.1, 0.15) is 5.78 Å². The van der Waals surface area contributed by atoms with Crippen molar-refractivity contribution in [3.63, 3.8) is 0 Å². The zero-order valence-corrected chi connectivity index (χ0v) is 22.0. The molecular weight excluding hydrogens is 452 g/mol. The molecule has 2 aliphatic heterocycles. The van der Waals surface area contributed by atoms with Gasteiger partial charge in [0, 0.05) is 17.7 Å². The molecular formula is C26H40N2O5S. The molecule has 0 aromatic carbocycles. The maximum atomic E-state index is 13.2. The van der Waals surface area contributed by atoms with Gasteiger partial charge in [-0.2, -0.15) is 0 Å². The lowest BCUT2D eigenvalue weighted by Gasteiger charge is -2.34. The fourth-order valence-electron chi connectivity index (χ4n) is 4.91. The second-order valence-corrected chi connectivity index (χ2v) is 11.8. The summed E-state index contributed by atoms with van der Waals surface area (Å²) in [6, 6.07) is -0.247. The van der Waals surface area contributed by atoms with Crippen LogP contribution in [0.25, 0.3) is 6.08 Å². The van der Waals surface area contributed by atoms with E-state index in [1.807, 2.05) is 32.2 Å². The van der Waals surface area contributed by atoms with Gasteiger partial charge in [-0.05, 0) is 44.3 Å². The number of nitrogens with one attached hydrogen (secondary N) is 1. The predicted octanol–water partition coefficient (Wildman–Crippen LogP) is 3.66. The van der Waals surface area contributed by atoms with Gasteiger partial charge < -0.3 is 20.3 Å². The second-order valence-electron chi connectivity index (χ2n) is 10.7. The van der Waals surface area contributed by atoms with E-state index in [9.17, 15) is 19.8 Å². The summed E-state index contributed by atoms with van der Waals surface area (Å²) in [5, 5.41) is 27.7. The van der Waals surface area contributed by atoms with E-state index >= 15 is 0 Å². The first-order chi connectivity index (χ1) is 15.9. The molecule has 2 fully saturated rings. The van der Waals surface area contributed by atoms with Crippen LogP contribution in [0, 0.1) is 24.2 Å². The number of thiazole rings is 1. The molecule has 0 radical (unpaired) electrons. The molecule has 0 bridgehead atoms. The quantitative estimate of drug-likeness (QED) is 0.543. The number of nitrogens with zero attached hydrogens (tertiary/aromatic N) is 1. The number of ketones is 1. The molecule has 3 N–H and O–H groups in total. The average Bonchev–Trinajstić information content (AvgIpc) is 3.38. The van der Waals surface area contributed by atoms with E-state index in [0.29, 0.717) is 6.42 Å². The zero-order valence-electron chi connectivity index (χ0n) is 21.2. The largest absolute Gasteiger partial charge is 0.392 e. The number of rotatable bonds is 2. The number of aromatic nitrogens is 1. The van der Waals surface area contributed by atoms with E-state index in [2.05, 4.69) is 10.3 Å². The average molecular weight is 493 g/mol. The second kappa shape index (κ2) is 11.0. The number of aliphatic hydroxyl groups excluding tert-OH is 2. The van der Waals surface area contributed by atoms with Crippen LogP contribution in [0.15, 0.2) is 11.0 Å². The van der Waals surface area contributed by atoms with E-state index in [-0.39, 0.29) is 42.3 Å². The number of aliphatic hydroxyl groups is 2. The van der Waals surface area contributed by atoms with Gasteiger partial charge in [0.15, 0.2) is 0 Å². The lowest BCUT2D eigenvalue weighted by atomic mass is 9.73. The number of hydrogen-bond donors (Lipinski definition) is 3. The number of hydrogen-bond acceptors (Lipinski definition) is 7. The van der Waals surface area contributed by atoms with E-state index in [4.69, 9.17) is 4.74 Å². The normalized spacial score (nSPS) is 36.0. The minimum atomic E-state index is -1.16. The Morgan fingerprint density at radius 2 is 1.94 bits per heavy atom. The van der Waals surface area contributed by atoms with Crippen molar-refractivity contribution in [2.45, 2.75) is 104 Å². The molecule has 2 aliphatic rings. The maximum Gasteiger partial charge on any atom is 0.223 e. The minimum Gasteiger partial charge on any atom is -0.392 e. The Morgan fingerprint density at radius 3 is 2.59 bits per heavy atom. The van der Waals surface area contributed by atoms with Crippen LogP contribution >= 0.6 is 11.3 Å². The number of ether oxygens (including phenoxy) is 1. The fraction of sp³-hybridized carbons (Fsp3) is 0.731. The Bertz CT molecular complexity index is 911. The molecule has 0 saturated carbocycles. The first-order valence-electron chi connectivity index (χ1n) is 12.4. The SMILES string of the molecule is C/C(=C\c1csc(C)n1)[C@@H]1C[C@@H]2O[C@@H]2CCCC(C)[C@H](O)C(C)C(=O)C(C)(C)C(O)CC(=O)N1. The topological polar surface area (TPSA) is 112 Å². The number of fused-ring (bicyclic) bond motifs is 1. The van der Waals surface area contributed by atoms with Crippen molar-refractivity contribution < 1.29 is 24.5 Å². The van der Waals surface area contributed by atoms with Crippen LogP contribution in [0.1, 0.15) is 77.4 Å². The van der Waals surface area contributed by atoms with Gasteiger partial charge in [-0.3, -0.25) is 9.59 Å². The first kappa shape index (κ1) is 27.0. The molecule has 0 spiro atoms. The standard InChI is InChI=1S/C26H40N2O5S/c1-14-8-7-9-20-21(33-20)11-19(15(2)10-18-13-34-17(4)27-18)28-23(30)12-22(29)26(5,6)25(32)16(3)24(14)31/h10,13-14,16,19-22,24,29,31H,7-9,11-12H2,1-6H3,(H,28,30)/b15-10+/t14?,16?,19-,20+,21-,22?,24-/m0/s1. The Balaban J connectivity index is 1.81. The Labute approximate surface area is 207 Å². The van der Waals surface area contributed by atoms with Gasteiger partial charge in [0.2, 0.25) is 5.91 Å². The summed E-state index contributed by atoms with van der Waals surface area (Å²) < 4.78 is 5.91.